The Morgan fingerprint density at radius 3 is 2.48 bits per heavy atom. The van der Waals surface area contributed by atoms with Crippen molar-refractivity contribution in [2.45, 2.75) is 59.3 Å². The molecule has 0 saturated carbocycles. The lowest BCUT2D eigenvalue weighted by atomic mass is 10.1. The van der Waals surface area contributed by atoms with Crippen LogP contribution in [0.15, 0.2) is 53.4 Å². The Morgan fingerprint density at radius 2 is 1.93 bits per heavy atom. The third-order valence-corrected chi connectivity index (χ3v) is 5.11. The first kappa shape index (κ1) is 19.4. The van der Waals surface area contributed by atoms with Crippen molar-refractivity contribution in [3.63, 3.8) is 0 Å². The number of hydrogen-bond acceptors (Lipinski definition) is 4. The van der Waals surface area contributed by atoms with E-state index in [4.69, 9.17) is 4.74 Å². The maximum absolute atomic E-state index is 12.5. The molecule has 2 aliphatic rings. The minimum absolute atomic E-state index is 0.0263. The number of likely N-dealkylation sites (N-methyl/N-ethyl adjacent to an activating group) is 1. The van der Waals surface area contributed by atoms with E-state index < -0.39 is 0 Å². The van der Waals surface area contributed by atoms with Gasteiger partial charge in [0.2, 0.25) is 5.78 Å². The largest absolute Gasteiger partial charge is 0.372 e. The molecule has 0 saturated heterocycles. The second kappa shape index (κ2) is 7.35. The number of ketones is 1. The second-order valence-electron chi connectivity index (χ2n) is 8.53. The monoisotopic (exact) mass is 366 g/mol. The van der Waals surface area contributed by atoms with Gasteiger partial charge in [-0.15, -0.1) is 0 Å². The van der Waals surface area contributed by atoms with E-state index in [2.05, 4.69) is 43.2 Å². The van der Waals surface area contributed by atoms with Crippen LogP contribution in [0.25, 0.3) is 5.70 Å². The molecule has 2 aliphatic heterocycles. The molecule has 0 amide bonds. The highest BCUT2D eigenvalue weighted by Gasteiger charge is 2.25. The first-order valence-corrected chi connectivity index (χ1v) is 9.54. The lowest BCUT2D eigenvalue weighted by Crippen LogP contribution is -2.22. The van der Waals surface area contributed by atoms with Crippen molar-refractivity contribution in [2.24, 2.45) is 0 Å². The minimum Gasteiger partial charge on any atom is -0.372 e. The molecule has 4 nitrogen and oxygen atoms in total. The van der Waals surface area contributed by atoms with Crippen molar-refractivity contribution < 1.29 is 9.53 Å². The quantitative estimate of drug-likeness (QED) is 0.802. The zero-order chi connectivity index (χ0) is 19.8. The first-order valence-electron chi connectivity index (χ1n) is 9.54. The van der Waals surface area contributed by atoms with Crippen molar-refractivity contribution >= 4 is 11.5 Å². The Bertz CT molecular complexity index is 823. The predicted octanol–water partition coefficient (Wildman–Crippen LogP) is 4.40. The average molecular weight is 367 g/mol. The van der Waals surface area contributed by atoms with Gasteiger partial charge in [-0.2, -0.15) is 0 Å². The third-order valence-electron chi connectivity index (χ3n) is 5.11. The Hall–Kier alpha value is -2.33. The molecule has 0 fully saturated rings. The highest BCUT2D eigenvalue weighted by molar-refractivity contribution is 6.13. The number of nitrogens with zero attached hydrogens (tertiary/aromatic N) is 1. The molecule has 27 heavy (non-hydrogen) atoms. The van der Waals surface area contributed by atoms with Crippen LogP contribution in [0.5, 0.6) is 0 Å². The van der Waals surface area contributed by atoms with Gasteiger partial charge in [-0.05, 0) is 63.8 Å². The van der Waals surface area contributed by atoms with E-state index in [1.54, 1.807) is 6.08 Å². The van der Waals surface area contributed by atoms with Crippen LogP contribution in [0, 0.1) is 0 Å². The average Bonchev–Trinajstić information content (AvgIpc) is 3.08. The molecule has 3 rings (SSSR count). The molecule has 0 aromatic heterocycles. The van der Waals surface area contributed by atoms with Gasteiger partial charge in [0.25, 0.3) is 0 Å². The maximum atomic E-state index is 12.5. The van der Waals surface area contributed by atoms with Crippen LogP contribution in [-0.2, 0) is 16.1 Å². The van der Waals surface area contributed by atoms with Gasteiger partial charge in [0.15, 0.2) is 0 Å². The molecule has 0 spiro atoms. The Morgan fingerprint density at radius 1 is 1.26 bits per heavy atom. The SMILES string of the molecule is CC1=C(/C=C2\NC(c3ccc(COC(C)(C)C)cc3)=CC2=O)N(C)C(C)C1. The molecule has 1 aromatic carbocycles. The standard InChI is InChI=1S/C23H30N2O2/c1-15-11-16(2)25(6)21(15)12-20-22(26)13-19(24-20)18-9-7-17(8-10-18)14-27-23(3,4)5/h7-10,12-13,16,24H,11,14H2,1-6H3/b20-12-. The maximum Gasteiger partial charge on any atom is 0.204 e. The topological polar surface area (TPSA) is 41.6 Å². The van der Waals surface area contributed by atoms with Crippen molar-refractivity contribution in [3.8, 4) is 0 Å². The lowest BCUT2D eigenvalue weighted by Gasteiger charge is -2.20. The first-order chi connectivity index (χ1) is 12.6. The molecule has 0 radical (unpaired) electrons. The molecule has 4 heteroatoms. The van der Waals surface area contributed by atoms with Gasteiger partial charge < -0.3 is 15.0 Å². The fourth-order valence-electron chi connectivity index (χ4n) is 3.38. The second-order valence-corrected chi connectivity index (χ2v) is 8.53. The summed E-state index contributed by atoms with van der Waals surface area (Å²) in [5.74, 6) is 0.0263. The van der Waals surface area contributed by atoms with E-state index >= 15 is 0 Å². The lowest BCUT2D eigenvalue weighted by molar-refractivity contribution is -0.111. The Kier molecular flexibility index (Phi) is 5.29. The summed E-state index contributed by atoms with van der Waals surface area (Å²) in [6, 6.07) is 8.64. The van der Waals surface area contributed by atoms with Gasteiger partial charge in [0.05, 0.1) is 17.9 Å². The summed E-state index contributed by atoms with van der Waals surface area (Å²) >= 11 is 0. The molecule has 1 atom stereocenters. The summed E-state index contributed by atoms with van der Waals surface area (Å²) < 4.78 is 5.81. The van der Waals surface area contributed by atoms with Crippen LogP contribution in [0.1, 0.15) is 52.2 Å². The summed E-state index contributed by atoms with van der Waals surface area (Å²) in [5, 5.41) is 3.30. The number of benzene rings is 1. The molecule has 1 N–H and O–H groups in total. The highest BCUT2D eigenvalue weighted by atomic mass is 16.5. The van der Waals surface area contributed by atoms with Crippen LogP contribution in [0.4, 0.5) is 0 Å². The minimum atomic E-state index is -0.155. The number of hydrogen-bond donors (Lipinski definition) is 1. The van der Waals surface area contributed by atoms with Gasteiger partial charge in [-0.3, -0.25) is 4.79 Å². The smallest absolute Gasteiger partial charge is 0.204 e. The molecule has 144 valence electrons. The molecule has 0 aliphatic carbocycles. The number of rotatable bonds is 4. The van der Waals surface area contributed by atoms with Crippen molar-refractivity contribution in [1.29, 1.82) is 0 Å². The van der Waals surface area contributed by atoms with Crippen LogP contribution in [-0.4, -0.2) is 29.4 Å². The van der Waals surface area contributed by atoms with Gasteiger partial charge in [-0.25, -0.2) is 0 Å². The molecular weight excluding hydrogens is 336 g/mol. The number of allylic oxidation sites excluding steroid dienone is 2. The molecule has 2 heterocycles. The zero-order valence-electron chi connectivity index (χ0n) is 17.2. The molecule has 1 aromatic rings. The third kappa shape index (κ3) is 4.51. The highest BCUT2D eigenvalue weighted by Crippen LogP contribution is 2.29. The van der Waals surface area contributed by atoms with E-state index in [0.29, 0.717) is 18.3 Å². The van der Waals surface area contributed by atoms with Crippen LogP contribution in [0.2, 0.25) is 0 Å². The summed E-state index contributed by atoms with van der Waals surface area (Å²) in [5.41, 5.74) is 5.92. The van der Waals surface area contributed by atoms with Gasteiger partial charge in [0.1, 0.15) is 0 Å². The van der Waals surface area contributed by atoms with Crippen LogP contribution >= 0.6 is 0 Å². The molecule has 1 unspecified atom stereocenters. The Labute approximate surface area is 162 Å². The number of nitrogens with one attached hydrogen (secondary N) is 1. The summed E-state index contributed by atoms with van der Waals surface area (Å²) in [7, 11) is 2.08. The van der Waals surface area contributed by atoms with Crippen LogP contribution in [0.3, 0.4) is 0 Å². The number of carbonyl (C=O) groups excluding carboxylic acids is 1. The van der Waals surface area contributed by atoms with Crippen molar-refractivity contribution in [1.82, 2.24) is 10.2 Å². The van der Waals surface area contributed by atoms with E-state index in [9.17, 15) is 4.79 Å². The van der Waals surface area contributed by atoms with Gasteiger partial charge in [-0.1, -0.05) is 24.3 Å². The normalized spacial score (nSPS) is 21.9. The summed E-state index contributed by atoms with van der Waals surface area (Å²) in [6.07, 6.45) is 4.71. The van der Waals surface area contributed by atoms with E-state index in [1.807, 2.05) is 39.0 Å². The molecule has 0 bridgehead atoms. The van der Waals surface area contributed by atoms with E-state index in [-0.39, 0.29) is 11.4 Å². The Balaban J connectivity index is 1.71. The number of ether oxygens (including phenoxy) is 1. The fourth-order valence-corrected chi connectivity index (χ4v) is 3.38. The van der Waals surface area contributed by atoms with Crippen molar-refractivity contribution in [2.75, 3.05) is 7.05 Å². The fraction of sp³-hybridized carbons (Fsp3) is 0.435. The van der Waals surface area contributed by atoms with Crippen LogP contribution < -0.4 is 5.32 Å². The summed E-state index contributed by atoms with van der Waals surface area (Å²) in [6.45, 7) is 11.1. The van der Waals surface area contributed by atoms with Crippen molar-refractivity contribution in [3.05, 3.63) is 64.5 Å². The zero-order valence-corrected chi connectivity index (χ0v) is 17.2. The number of carbonyl (C=O) groups is 1. The van der Waals surface area contributed by atoms with E-state index in [0.717, 1.165) is 28.9 Å². The van der Waals surface area contributed by atoms with Gasteiger partial charge >= 0.3 is 0 Å². The summed E-state index contributed by atoms with van der Waals surface area (Å²) in [4.78, 5) is 14.7. The molecular formula is C23H30N2O2. The van der Waals surface area contributed by atoms with Gasteiger partial charge in [0, 0.05) is 30.6 Å². The van der Waals surface area contributed by atoms with E-state index in [1.165, 1.54) is 5.57 Å². The predicted molar refractivity (Wildman–Crippen MR) is 110 cm³/mol.